The zero-order chi connectivity index (χ0) is 23.5. The molecule has 5 N–H and O–H groups in total. The quantitative estimate of drug-likeness (QED) is 0.389. The lowest BCUT2D eigenvalue weighted by atomic mass is 9.99. The Hall–Kier alpha value is -4.54. The second-order valence-corrected chi connectivity index (χ2v) is 5.03. The molecule has 4 atom stereocenters. The van der Waals surface area contributed by atoms with Gasteiger partial charge in [-0.1, -0.05) is 11.8 Å². The van der Waals surface area contributed by atoms with E-state index in [1.54, 1.807) is 6.92 Å². The van der Waals surface area contributed by atoms with E-state index in [1.165, 1.54) is 0 Å². The van der Waals surface area contributed by atoms with Crippen LogP contribution in [0.3, 0.4) is 0 Å². The zero-order valence-corrected chi connectivity index (χ0v) is 16.1. The summed E-state index contributed by atoms with van der Waals surface area (Å²) >= 11 is 0. The lowest BCUT2D eigenvalue weighted by molar-refractivity contribution is -0.165. The summed E-state index contributed by atoms with van der Waals surface area (Å²) in [6.07, 6.45) is -9.50. The summed E-state index contributed by atoms with van der Waals surface area (Å²) in [5.74, 6) is 35.7. The van der Waals surface area contributed by atoms with Gasteiger partial charge in [-0.3, -0.25) is 4.79 Å². The molecule has 182 valence electrons. The van der Waals surface area contributed by atoms with Crippen molar-refractivity contribution >= 4 is 11.8 Å². The van der Waals surface area contributed by atoms with Crippen LogP contribution < -0.4 is 0 Å². The summed E-state index contributed by atoms with van der Waals surface area (Å²) in [6, 6.07) is 0. The second kappa shape index (κ2) is 16.4. The first-order valence-electron chi connectivity index (χ1n) is 8.20. The second-order valence-electron chi connectivity index (χ2n) is 5.03. The average molecular weight is 445 g/mol. The van der Waals surface area contributed by atoms with Crippen molar-refractivity contribution in [3.8, 4) is 94.7 Å². The Bertz CT molecular complexity index is 1220. The molecular weight excluding hydrogens is 400 g/mol. The molecular formula is C24H44O7. The van der Waals surface area contributed by atoms with E-state index in [9.17, 15) is 24.9 Å². The van der Waals surface area contributed by atoms with E-state index in [1.807, 2.05) is 0 Å². The molecule has 0 fully saturated rings. The summed E-state index contributed by atoms with van der Waals surface area (Å²) in [5.41, 5.74) is 0. The van der Waals surface area contributed by atoms with Gasteiger partial charge in [0.05, 0.1) is 6.42 Å². The lowest BCUT2D eigenvalue weighted by Crippen LogP contribution is -2.49. The number of carbonyl (C=O) groups excluding carboxylic acids is 1. The zero-order valence-electron chi connectivity index (χ0n) is 16.1. The molecule has 7 nitrogen and oxygen atoms in total. The number of hydrogen-bond donors (Lipinski definition) is 5. The molecule has 0 amide bonds. The fourth-order valence-electron chi connectivity index (χ4n) is 1.43. The maximum Gasteiger partial charge on any atom is 0.335 e. The predicted molar refractivity (Wildman–Crippen MR) is 141 cm³/mol. The Morgan fingerprint density at radius 1 is 0.645 bits per heavy atom. The molecule has 0 aliphatic carbocycles. The van der Waals surface area contributed by atoms with E-state index >= 15 is 0 Å². The normalized spacial score (nSPS) is 11.3. The number of aliphatic hydroxyl groups excluding tert-OH is 4. The molecule has 0 unspecified atom stereocenters. The van der Waals surface area contributed by atoms with Crippen LogP contribution >= 0.6 is 0 Å². The van der Waals surface area contributed by atoms with Gasteiger partial charge in [0.1, 0.15) is 18.3 Å². The molecule has 0 aromatic carbocycles. The molecule has 0 aromatic rings. The highest BCUT2D eigenvalue weighted by atomic mass is 16.4. The van der Waals surface area contributed by atoms with E-state index < -0.39 is 42.6 Å². The molecule has 0 radical (unpaired) electrons. The van der Waals surface area contributed by atoms with Gasteiger partial charge in [-0.05, 0) is 89.8 Å². The molecule has 0 saturated carbocycles. The highest BCUT2D eigenvalue weighted by Gasteiger charge is 2.36. The SMILES string of the molecule is CC#CC#CC#CC#CC#CC#CC#CC#CCC(=O)[C@@H](O)[C@H](O)[C@@H](O)[C@@H](O)C(=O)O.[HH].[HH].[HH].[HH].[HH].[HH].[HH].[HH].[HH].[HH].[HH].[HH].[HH].[HH].[HH]. The first kappa shape index (κ1) is 26.5. The predicted octanol–water partition coefficient (Wildman–Crippen LogP) is 1.21. The van der Waals surface area contributed by atoms with Gasteiger partial charge in [0.15, 0.2) is 11.9 Å². The number of aliphatic carboxylic acids is 1. The molecule has 31 heavy (non-hydrogen) atoms. The molecule has 0 aliphatic rings. The van der Waals surface area contributed by atoms with Crippen molar-refractivity contribution in [1.82, 2.24) is 0 Å². The number of carboxylic acids is 1. The highest BCUT2D eigenvalue weighted by molar-refractivity contribution is 5.86. The highest BCUT2D eigenvalue weighted by Crippen LogP contribution is 2.07. The van der Waals surface area contributed by atoms with Gasteiger partial charge in [-0.25, -0.2) is 4.79 Å². The van der Waals surface area contributed by atoms with Crippen molar-refractivity contribution in [3.63, 3.8) is 0 Å². The van der Waals surface area contributed by atoms with Crippen LogP contribution in [0.15, 0.2) is 0 Å². The van der Waals surface area contributed by atoms with Gasteiger partial charge < -0.3 is 25.5 Å². The first-order chi connectivity index (χ1) is 14.8. The number of aliphatic hydroxyl groups is 4. The number of carboxylic acid groups (broad SMARTS) is 1. The minimum atomic E-state index is -2.37. The fraction of sp³-hybridized carbons (Fsp3) is 0.250. The van der Waals surface area contributed by atoms with E-state index in [0.717, 1.165) is 0 Å². The Morgan fingerprint density at radius 2 is 1.00 bits per heavy atom. The number of rotatable bonds is 6. The third-order valence-electron chi connectivity index (χ3n) is 2.87. The smallest absolute Gasteiger partial charge is 0.335 e. The molecule has 0 aromatic heterocycles. The Kier molecular flexibility index (Phi) is 14.0. The van der Waals surface area contributed by atoms with Crippen molar-refractivity contribution in [2.75, 3.05) is 0 Å². The number of ketones is 1. The standard InChI is InChI=1S/C24H14O7.15H2/c1-2-3-4-5-6-7-8-9-10-11-12-13-14-15-16-17-18-19(25)20(26)21(27)22(28)23(29)24(30)31;;;;;;;;;;;;;;;/h20-23,26-29H,18H2,1H3,(H,30,31);15*1H/t20-,21+,22-,23-;;;;;;;;;;;;;;;/m1.............../s1. The van der Waals surface area contributed by atoms with Gasteiger partial charge in [0.25, 0.3) is 0 Å². The van der Waals surface area contributed by atoms with Crippen LogP contribution in [-0.2, 0) is 9.59 Å². The first-order valence-corrected chi connectivity index (χ1v) is 8.20. The average Bonchev–Trinajstić information content (AvgIpc) is 2.76. The number of carbonyl (C=O) groups is 2. The number of hydrogen-bond acceptors (Lipinski definition) is 6. The summed E-state index contributed by atoms with van der Waals surface area (Å²) < 4.78 is 0. The maximum atomic E-state index is 11.6. The lowest BCUT2D eigenvalue weighted by Gasteiger charge is -2.23. The van der Waals surface area contributed by atoms with Crippen LogP contribution in [0, 0.1) is 94.7 Å². The van der Waals surface area contributed by atoms with E-state index in [-0.39, 0.29) is 21.4 Å². The summed E-state index contributed by atoms with van der Waals surface area (Å²) in [7, 11) is 0. The molecule has 0 spiro atoms. The molecule has 0 saturated heterocycles. The van der Waals surface area contributed by atoms with Gasteiger partial charge in [-0.15, -0.1) is 0 Å². The van der Waals surface area contributed by atoms with E-state index in [2.05, 4.69) is 94.7 Å². The minimum absolute atomic E-state index is 0. The Balaban J connectivity index is -0.0000000429. The third-order valence-corrected chi connectivity index (χ3v) is 2.87. The van der Waals surface area contributed by atoms with Crippen LogP contribution in [0.25, 0.3) is 0 Å². The van der Waals surface area contributed by atoms with Crippen LogP contribution in [0.2, 0.25) is 0 Å². The Labute approximate surface area is 202 Å². The summed E-state index contributed by atoms with van der Waals surface area (Å²) in [4.78, 5) is 22.2. The van der Waals surface area contributed by atoms with Crippen LogP contribution in [-0.4, -0.2) is 61.7 Å². The largest absolute Gasteiger partial charge is 0.479 e. The molecule has 7 heteroatoms. The van der Waals surface area contributed by atoms with Crippen LogP contribution in [0.1, 0.15) is 34.7 Å². The van der Waals surface area contributed by atoms with Gasteiger partial charge >= 0.3 is 5.97 Å². The van der Waals surface area contributed by atoms with Gasteiger partial charge in [0.2, 0.25) is 0 Å². The van der Waals surface area contributed by atoms with Crippen molar-refractivity contribution < 1.29 is 56.5 Å². The van der Waals surface area contributed by atoms with Crippen molar-refractivity contribution in [1.29, 1.82) is 0 Å². The van der Waals surface area contributed by atoms with Crippen LogP contribution in [0.4, 0.5) is 0 Å². The third kappa shape index (κ3) is 12.5. The Morgan fingerprint density at radius 3 is 1.39 bits per heavy atom. The van der Waals surface area contributed by atoms with Crippen molar-refractivity contribution in [2.24, 2.45) is 0 Å². The van der Waals surface area contributed by atoms with E-state index in [0.29, 0.717) is 0 Å². The maximum absolute atomic E-state index is 11.6. The summed E-state index contributed by atoms with van der Waals surface area (Å²) in [5, 5.41) is 46.1. The fourth-order valence-corrected chi connectivity index (χ4v) is 1.43. The minimum Gasteiger partial charge on any atom is -0.479 e. The van der Waals surface area contributed by atoms with Crippen LogP contribution in [0.5, 0.6) is 0 Å². The summed E-state index contributed by atoms with van der Waals surface area (Å²) in [6.45, 7) is 1.66. The molecule has 0 rings (SSSR count). The van der Waals surface area contributed by atoms with Gasteiger partial charge in [-0.2, -0.15) is 0 Å². The molecule has 0 heterocycles. The van der Waals surface area contributed by atoms with Gasteiger partial charge in [0, 0.05) is 21.4 Å². The topological polar surface area (TPSA) is 135 Å². The number of Topliss-reactive ketones (excluding diaryl/α,β-unsaturated/α-hetero) is 1. The van der Waals surface area contributed by atoms with E-state index in [4.69, 9.17) is 10.2 Å². The van der Waals surface area contributed by atoms with Crippen molar-refractivity contribution in [2.45, 2.75) is 37.8 Å². The monoisotopic (exact) mass is 444 g/mol. The van der Waals surface area contributed by atoms with Crippen molar-refractivity contribution in [3.05, 3.63) is 0 Å². The molecule has 0 bridgehead atoms. The molecule has 0 aliphatic heterocycles.